The molecule has 0 fully saturated rings. The second kappa shape index (κ2) is 3.48. The molecule has 90 valence electrons. The highest BCUT2D eigenvalue weighted by molar-refractivity contribution is 5.81. The molecule has 3 aliphatic rings. The summed E-state index contributed by atoms with van der Waals surface area (Å²) in [6.07, 6.45) is 3.96. The van der Waals surface area contributed by atoms with Crippen LogP contribution < -0.4 is 10.1 Å². The van der Waals surface area contributed by atoms with Gasteiger partial charge in [0.2, 0.25) is 0 Å². The van der Waals surface area contributed by atoms with Gasteiger partial charge in [-0.3, -0.25) is 0 Å². The average Bonchev–Trinajstić information content (AvgIpc) is 2.77. The number of para-hydroxylation sites is 1. The lowest BCUT2D eigenvalue weighted by atomic mass is 9.94. The minimum atomic E-state index is -0.143. The quantitative estimate of drug-likeness (QED) is 0.754. The van der Waals surface area contributed by atoms with E-state index < -0.39 is 0 Å². The van der Waals surface area contributed by atoms with E-state index in [2.05, 4.69) is 5.32 Å². The summed E-state index contributed by atoms with van der Waals surface area (Å²) in [6.45, 7) is 0.523. The van der Waals surface area contributed by atoms with Crippen LogP contribution in [0.15, 0.2) is 53.4 Å². The molecule has 1 unspecified atom stereocenters. The first-order chi connectivity index (χ1) is 8.83. The third-order valence-electron chi connectivity index (χ3n) is 3.71. The highest BCUT2D eigenvalue weighted by atomic mass is 19.1. The first-order valence-corrected chi connectivity index (χ1v) is 6.12. The summed E-state index contributed by atoms with van der Waals surface area (Å²) in [5.41, 5.74) is 4.33. The SMILES string of the molecule is FC1=CCC2NC3=C(COc4ccccc43)C2=C1. The molecule has 2 heterocycles. The van der Waals surface area contributed by atoms with Crippen molar-refractivity contribution in [1.29, 1.82) is 0 Å². The van der Waals surface area contributed by atoms with Gasteiger partial charge in [-0.05, 0) is 36.3 Å². The minimum Gasteiger partial charge on any atom is -0.488 e. The maximum absolute atomic E-state index is 13.4. The Balaban J connectivity index is 1.87. The molecule has 2 aliphatic heterocycles. The van der Waals surface area contributed by atoms with Crippen molar-refractivity contribution in [1.82, 2.24) is 5.32 Å². The van der Waals surface area contributed by atoms with Crippen molar-refractivity contribution in [3.8, 4) is 5.75 Å². The first kappa shape index (κ1) is 9.95. The Bertz CT molecular complexity index is 627. The molecule has 0 spiro atoms. The summed E-state index contributed by atoms with van der Waals surface area (Å²) in [5.74, 6) is 0.757. The Morgan fingerprint density at radius 2 is 2.17 bits per heavy atom. The molecule has 0 saturated carbocycles. The van der Waals surface area contributed by atoms with Gasteiger partial charge in [0.05, 0.1) is 11.7 Å². The van der Waals surface area contributed by atoms with E-state index in [0.717, 1.165) is 28.2 Å². The van der Waals surface area contributed by atoms with Gasteiger partial charge < -0.3 is 10.1 Å². The first-order valence-electron chi connectivity index (χ1n) is 6.12. The number of halogens is 1. The highest BCUT2D eigenvalue weighted by Gasteiger charge is 2.34. The van der Waals surface area contributed by atoms with Crippen molar-refractivity contribution >= 4 is 5.70 Å². The number of nitrogens with one attached hydrogen (secondary N) is 1. The largest absolute Gasteiger partial charge is 0.488 e. The summed E-state index contributed by atoms with van der Waals surface area (Å²) < 4.78 is 19.1. The Hall–Kier alpha value is -2.03. The second-order valence-electron chi connectivity index (χ2n) is 4.76. The summed E-state index contributed by atoms with van der Waals surface area (Å²) in [7, 11) is 0. The number of hydrogen-bond acceptors (Lipinski definition) is 2. The van der Waals surface area contributed by atoms with Gasteiger partial charge in [-0.25, -0.2) is 4.39 Å². The van der Waals surface area contributed by atoms with Crippen molar-refractivity contribution in [3.63, 3.8) is 0 Å². The third-order valence-corrected chi connectivity index (χ3v) is 3.71. The van der Waals surface area contributed by atoms with E-state index in [0.29, 0.717) is 13.0 Å². The van der Waals surface area contributed by atoms with Crippen molar-refractivity contribution in [2.24, 2.45) is 0 Å². The molecule has 2 nitrogen and oxygen atoms in total. The van der Waals surface area contributed by atoms with Gasteiger partial charge in [-0.1, -0.05) is 12.1 Å². The van der Waals surface area contributed by atoms with E-state index in [1.807, 2.05) is 24.3 Å². The fourth-order valence-corrected chi connectivity index (χ4v) is 2.85. The molecule has 1 aromatic carbocycles. The maximum Gasteiger partial charge on any atom is 0.129 e. The Morgan fingerprint density at radius 3 is 3.11 bits per heavy atom. The average molecular weight is 241 g/mol. The van der Waals surface area contributed by atoms with Crippen LogP contribution in [0.1, 0.15) is 12.0 Å². The van der Waals surface area contributed by atoms with Crippen LogP contribution in [0.2, 0.25) is 0 Å². The second-order valence-corrected chi connectivity index (χ2v) is 4.76. The lowest BCUT2D eigenvalue weighted by molar-refractivity contribution is 0.348. The van der Waals surface area contributed by atoms with Crippen molar-refractivity contribution < 1.29 is 9.13 Å². The van der Waals surface area contributed by atoms with E-state index in [-0.39, 0.29) is 11.9 Å². The minimum absolute atomic E-state index is 0.143. The smallest absolute Gasteiger partial charge is 0.129 e. The molecule has 4 rings (SSSR count). The third kappa shape index (κ3) is 1.27. The molecule has 1 aromatic rings. The Kier molecular flexibility index (Phi) is 1.92. The number of fused-ring (bicyclic) bond motifs is 4. The molecular formula is C15H12FNO. The number of rotatable bonds is 0. The molecule has 0 amide bonds. The van der Waals surface area contributed by atoms with Gasteiger partial charge in [0.15, 0.2) is 0 Å². The zero-order valence-corrected chi connectivity index (χ0v) is 9.74. The van der Waals surface area contributed by atoms with E-state index >= 15 is 0 Å². The molecule has 1 N–H and O–H groups in total. The normalized spacial score (nSPS) is 24.2. The van der Waals surface area contributed by atoms with Gasteiger partial charge >= 0.3 is 0 Å². The van der Waals surface area contributed by atoms with E-state index in [1.54, 1.807) is 12.2 Å². The van der Waals surface area contributed by atoms with Crippen molar-refractivity contribution in [3.05, 3.63) is 59.0 Å². The zero-order valence-electron chi connectivity index (χ0n) is 9.74. The Morgan fingerprint density at radius 1 is 1.28 bits per heavy atom. The summed E-state index contributed by atoms with van der Waals surface area (Å²) in [6, 6.07) is 8.17. The topological polar surface area (TPSA) is 21.3 Å². The van der Waals surface area contributed by atoms with Crippen LogP contribution in [-0.4, -0.2) is 12.6 Å². The number of allylic oxidation sites excluding steroid dienone is 2. The number of benzene rings is 1. The summed E-state index contributed by atoms with van der Waals surface area (Å²) >= 11 is 0. The van der Waals surface area contributed by atoms with Gasteiger partial charge in [-0.15, -0.1) is 0 Å². The van der Waals surface area contributed by atoms with Crippen LogP contribution in [0.5, 0.6) is 5.75 Å². The fourth-order valence-electron chi connectivity index (χ4n) is 2.85. The fraction of sp³-hybridized carbons (Fsp3) is 0.200. The zero-order chi connectivity index (χ0) is 12.1. The van der Waals surface area contributed by atoms with E-state index in [9.17, 15) is 4.39 Å². The molecule has 3 heteroatoms. The van der Waals surface area contributed by atoms with Crippen LogP contribution in [0.3, 0.4) is 0 Å². The van der Waals surface area contributed by atoms with Crippen LogP contribution >= 0.6 is 0 Å². The predicted molar refractivity (Wildman–Crippen MR) is 67.7 cm³/mol. The molecule has 0 aromatic heterocycles. The number of hydrogen-bond donors (Lipinski definition) is 1. The molecule has 0 bridgehead atoms. The Labute approximate surface area is 104 Å². The lowest BCUT2D eigenvalue weighted by Crippen LogP contribution is -2.24. The highest BCUT2D eigenvalue weighted by Crippen LogP contribution is 2.41. The van der Waals surface area contributed by atoms with Crippen LogP contribution in [0, 0.1) is 0 Å². The van der Waals surface area contributed by atoms with E-state index in [4.69, 9.17) is 4.74 Å². The van der Waals surface area contributed by atoms with Crippen LogP contribution in [0.25, 0.3) is 5.70 Å². The number of ether oxygens (including phenoxy) is 1. The van der Waals surface area contributed by atoms with Gasteiger partial charge in [0.1, 0.15) is 18.2 Å². The van der Waals surface area contributed by atoms with Gasteiger partial charge in [-0.2, -0.15) is 0 Å². The molecule has 1 atom stereocenters. The van der Waals surface area contributed by atoms with Crippen LogP contribution in [-0.2, 0) is 0 Å². The maximum atomic E-state index is 13.4. The van der Waals surface area contributed by atoms with Crippen molar-refractivity contribution in [2.75, 3.05) is 6.61 Å². The van der Waals surface area contributed by atoms with E-state index in [1.165, 1.54) is 0 Å². The molecule has 0 saturated heterocycles. The predicted octanol–water partition coefficient (Wildman–Crippen LogP) is 2.95. The standard InChI is InChI=1S/C15H12FNO/c16-9-5-6-13-11(7-9)12-8-18-14-4-2-1-3-10(14)15(12)17-13/h1-5,7,13,17H,6,8H2. The monoisotopic (exact) mass is 241 g/mol. The van der Waals surface area contributed by atoms with Gasteiger partial charge in [0.25, 0.3) is 0 Å². The molecular weight excluding hydrogens is 229 g/mol. The molecule has 1 aliphatic carbocycles. The summed E-state index contributed by atoms with van der Waals surface area (Å²) in [4.78, 5) is 0. The van der Waals surface area contributed by atoms with Crippen molar-refractivity contribution in [2.45, 2.75) is 12.5 Å². The lowest BCUT2D eigenvalue weighted by Gasteiger charge is -2.19. The van der Waals surface area contributed by atoms with Gasteiger partial charge in [0, 0.05) is 11.1 Å². The van der Waals surface area contributed by atoms with Crippen LogP contribution in [0.4, 0.5) is 4.39 Å². The summed E-state index contributed by atoms with van der Waals surface area (Å²) in [5, 5.41) is 3.49. The molecule has 18 heavy (non-hydrogen) atoms. The molecule has 0 radical (unpaired) electrons.